The second-order valence-electron chi connectivity index (χ2n) is 5.80. The van der Waals surface area contributed by atoms with Crippen LogP contribution < -0.4 is 0 Å². The Morgan fingerprint density at radius 2 is 1.74 bits per heavy atom. The van der Waals surface area contributed by atoms with Gasteiger partial charge in [-0.2, -0.15) is 0 Å². The third-order valence-electron chi connectivity index (χ3n) is 3.18. The van der Waals surface area contributed by atoms with E-state index in [-0.39, 0.29) is 12.1 Å². The van der Waals surface area contributed by atoms with Gasteiger partial charge in [-0.15, -0.1) is 11.6 Å². The Bertz CT molecular complexity index is 279. The lowest BCUT2D eigenvalue weighted by molar-refractivity contribution is -0.146. The van der Waals surface area contributed by atoms with Crippen LogP contribution in [0.15, 0.2) is 12.2 Å². The number of hydrogen-bond donors (Lipinski definition) is 0. The highest BCUT2D eigenvalue weighted by Gasteiger charge is 2.30. The molecule has 112 valence electrons. The smallest absolute Gasteiger partial charge is 0.333 e. The maximum absolute atomic E-state index is 11.6. The number of unbranched alkanes of at least 4 members (excludes halogenated alkanes) is 5. The van der Waals surface area contributed by atoms with Gasteiger partial charge in [0.05, 0.1) is 4.87 Å². The lowest BCUT2D eigenvalue weighted by Crippen LogP contribution is -2.35. The monoisotopic (exact) mass is 288 g/mol. The first-order valence-electron chi connectivity index (χ1n) is 7.34. The molecular formula is C16H29ClO2. The summed E-state index contributed by atoms with van der Waals surface area (Å²) in [6, 6.07) is 0. The maximum Gasteiger partial charge on any atom is 0.333 e. The zero-order valence-corrected chi connectivity index (χ0v) is 13.7. The molecule has 0 rings (SSSR count). The fraction of sp³-hybridized carbons (Fsp3) is 0.812. The van der Waals surface area contributed by atoms with Crippen LogP contribution >= 0.6 is 11.6 Å². The molecule has 0 aliphatic rings. The van der Waals surface area contributed by atoms with Gasteiger partial charge in [-0.05, 0) is 33.6 Å². The van der Waals surface area contributed by atoms with E-state index in [0.29, 0.717) is 5.57 Å². The quantitative estimate of drug-likeness (QED) is 0.238. The van der Waals surface area contributed by atoms with Crippen LogP contribution in [-0.2, 0) is 9.53 Å². The van der Waals surface area contributed by atoms with Crippen molar-refractivity contribution in [3.8, 4) is 0 Å². The van der Waals surface area contributed by atoms with Crippen molar-refractivity contribution < 1.29 is 9.53 Å². The van der Waals surface area contributed by atoms with Crippen LogP contribution in [0.25, 0.3) is 0 Å². The lowest BCUT2D eigenvalue weighted by atomic mass is 9.99. The molecule has 0 aliphatic carbocycles. The first-order valence-corrected chi connectivity index (χ1v) is 7.72. The lowest BCUT2D eigenvalue weighted by Gasteiger charge is -2.28. The van der Waals surface area contributed by atoms with Crippen molar-refractivity contribution in [1.82, 2.24) is 0 Å². The summed E-state index contributed by atoms with van der Waals surface area (Å²) in [5.74, 6) is -0.343. The highest BCUT2D eigenvalue weighted by molar-refractivity contribution is 6.23. The van der Waals surface area contributed by atoms with Crippen molar-refractivity contribution in [3.05, 3.63) is 12.2 Å². The van der Waals surface area contributed by atoms with Crippen LogP contribution in [0.3, 0.4) is 0 Å². The predicted molar refractivity (Wildman–Crippen MR) is 82.6 cm³/mol. The molecule has 0 fully saturated rings. The molecule has 1 atom stereocenters. The number of ether oxygens (including phenoxy) is 1. The van der Waals surface area contributed by atoms with Crippen molar-refractivity contribution in [1.29, 1.82) is 0 Å². The molecular weight excluding hydrogens is 260 g/mol. The van der Waals surface area contributed by atoms with Crippen LogP contribution in [0.5, 0.6) is 0 Å². The van der Waals surface area contributed by atoms with Gasteiger partial charge in [0.15, 0.2) is 0 Å². The number of alkyl halides is 1. The van der Waals surface area contributed by atoms with E-state index in [1.54, 1.807) is 6.92 Å². The molecule has 0 amide bonds. The SMILES string of the molecule is C=C(C)C(=O)OC(CCCCCCCC)C(C)(C)Cl. The third kappa shape index (κ3) is 9.10. The number of carbonyl (C=O) groups is 1. The minimum Gasteiger partial charge on any atom is -0.457 e. The number of esters is 1. The van der Waals surface area contributed by atoms with Gasteiger partial charge in [0.25, 0.3) is 0 Å². The summed E-state index contributed by atoms with van der Waals surface area (Å²) in [5, 5.41) is 0. The first kappa shape index (κ1) is 18.5. The molecule has 2 nitrogen and oxygen atoms in total. The molecule has 3 heteroatoms. The molecule has 0 saturated carbocycles. The molecule has 0 N–H and O–H groups in total. The third-order valence-corrected chi connectivity index (χ3v) is 3.43. The summed E-state index contributed by atoms with van der Waals surface area (Å²) in [7, 11) is 0. The second kappa shape index (κ2) is 9.41. The van der Waals surface area contributed by atoms with Gasteiger partial charge in [-0.25, -0.2) is 4.79 Å². The summed E-state index contributed by atoms with van der Waals surface area (Å²) >= 11 is 6.30. The van der Waals surface area contributed by atoms with E-state index < -0.39 is 4.87 Å². The van der Waals surface area contributed by atoms with Crippen molar-refractivity contribution in [2.75, 3.05) is 0 Å². The summed E-state index contributed by atoms with van der Waals surface area (Å²) in [4.78, 5) is 11.1. The summed E-state index contributed by atoms with van der Waals surface area (Å²) < 4.78 is 5.43. The Kier molecular flexibility index (Phi) is 9.16. The molecule has 0 spiro atoms. The van der Waals surface area contributed by atoms with E-state index in [9.17, 15) is 4.79 Å². The topological polar surface area (TPSA) is 26.3 Å². The van der Waals surface area contributed by atoms with Gasteiger partial charge in [-0.3, -0.25) is 0 Å². The Morgan fingerprint density at radius 3 is 2.21 bits per heavy atom. The highest BCUT2D eigenvalue weighted by Crippen LogP contribution is 2.26. The Balaban J connectivity index is 4.09. The molecule has 1 unspecified atom stereocenters. The van der Waals surface area contributed by atoms with E-state index in [1.165, 1.54) is 32.1 Å². The van der Waals surface area contributed by atoms with E-state index in [2.05, 4.69) is 13.5 Å². The van der Waals surface area contributed by atoms with E-state index in [1.807, 2.05) is 13.8 Å². The molecule has 0 bridgehead atoms. The van der Waals surface area contributed by atoms with Crippen LogP contribution in [0.2, 0.25) is 0 Å². The fourth-order valence-electron chi connectivity index (χ4n) is 1.88. The van der Waals surface area contributed by atoms with Gasteiger partial charge in [-0.1, -0.05) is 45.6 Å². The first-order chi connectivity index (χ1) is 8.79. The van der Waals surface area contributed by atoms with E-state index in [0.717, 1.165) is 12.8 Å². The Morgan fingerprint density at radius 1 is 1.21 bits per heavy atom. The predicted octanol–water partition coefficient (Wildman–Crippen LogP) is 5.24. The number of rotatable bonds is 10. The summed E-state index contributed by atoms with van der Waals surface area (Å²) in [6.07, 6.45) is 7.89. The molecule has 0 aromatic rings. The molecule has 0 aromatic carbocycles. The molecule has 19 heavy (non-hydrogen) atoms. The van der Waals surface area contributed by atoms with E-state index in [4.69, 9.17) is 16.3 Å². The normalized spacial score (nSPS) is 13.1. The zero-order chi connectivity index (χ0) is 14.9. The van der Waals surface area contributed by atoms with Gasteiger partial charge in [0, 0.05) is 5.57 Å². The standard InChI is InChI=1S/C16H29ClO2/c1-6-7-8-9-10-11-12-14(16(4,5)17)19-15(18)13(2)3/h14H,2,6-12H2,1,3-5H3. The molecule has 0 radical (unpaired) electrons. The van der Waals surface area contributed by atoms with E-state index >= 15 is 0 Å². The average molecular weight is 289 g/mol. The Labute approximate surface area is 123 Å². The summed E-state index contributed by atoms with van der Waals surface area (Å²) in [6.45, 7) is 11.3. The Hall–Kier alpha value is -0.500. The van der Waals surface area contributed by atoms with Crippen molar-refractivity contribution >= 4 is 17.6 Å². The second-order valence-corrected chi connectivity index (χ2v) is 6.77. The minimum absolute atomic E-state index is 0.246. The average Bonchev–Trinajstić information content (AvgIpc) is 2.30. The highest BCUT2D eigenvalue weighted by atomic mass is 35.5. The molecule has 0 saturated heterocycles. The van der Waals surface area contributed by atoms with Crippen molar-refractivity contribution in [3.63, 3.8) is 0 Å². The van der Waals surface area contributed by atoms with Gasteiger partial charge in [0.2, 0.25) is 0 Å². The van der Waals surface area contributed by atoms with Gasteiger partial charge in [0.1, 0.15) is 6.10 Å². The number of hydrogen-bond acceptors (Lipinski definition) is 2. The van der Waals surface area contributed by atoms with Crippen LogP contribution in [0, 0.1) is 0 Å². The molecule has 0 aromatic heterocycles. The van der Waals surface area contributed by atoms with Crippen molar-refractivity contribution in [2.24, 2.45) is 0 Å². The fourth-order valence-corrected chi connectivity index (χ4v) is 2.04. The maximum atomic E-state index is 11.6. The molecule has 0 heterocycles. The van der Waals surface area contributed by atoms with Crippen molar-refractivity contribution in [2.45, 2.75) is 83.6 Å². The van der Waals surface area contributed by atoms with Crippen LogP contribution in [0.4, 0.5) is 0 Å². The van der Waals surface area contributed by atoms with Crippen LogP contribution in [0.1, 0.15) is 72.6 Å². The molecule has 0 aliphatic heterocycles. The largest absolute Gasteiger partial charge is 0.457 e. The number of halogens is 1. The van der Waals surface area contributed by atoms with Gasteiger partial charge < -0.3 is 4.74 Å². The minimum atomic E-state index is -0.533. The van der Waals surface area contributed by atoms with Crippen LogP contribution in [-0.4, -0.2) is 16.9 Å². The number of carbonyl (C=O) groups excluding carboxylic acids is 1. The summed E-state index contributed by atoms with van der Waals surface area (Å²) in [5.41, 5.74) is 0.425. The zero-order valence-electron chi connectivity index (χ0n) is 12.9. The van der Waals surface area contributed by atoms with Gasteiger partial charge >= 0.3 is 5.97 Å².